The van der Waals surface area contributed by atoms with Crippen molar-refractivity contribution in [3.05, 3.63) is 48.6 Å². The number of ether oxygens (including phenoxy) is 1. The maximum absolute atomic E-state index is 10.8. The standard InChI is InChI=1S/C21H34O2/c1-3-4-5-6-7-8-9-10-11-12-13-14-15-16-17-18-19-20-21(22)23-2/h7-8,10-11,13-14,19-20H,3-6,9,12,15-18H2,1-2H3. The Morgan fingerprint density at radius 3 is 1.74 bits per heavy atom. The van der Waals surface area contributed by atoms with E-state index in [4.69, 9.17) is 0 Å². The van der Waals surface area contributed by atoms with Gasteiger partial charge < -0.3 is 4.74 Å². The van der Waals surface area contributed by atoms with Gasteiger partial charge in [0.1, 0.15) is 0 Å². The van der Waals surface area contributed by atoms with Gasteiger partial charge in [-0.25, -0.2) is 4.79 Å². The summed E-state index contributed by atoms with van der Waals surface area (Å²) < 4.78 is 4.53. The summed E-state index contributed by atoms with van der Waals surface area (Å²) in [6.45, 7) is 2.24. The Morgan fingerprint density at radius 1 is 0.739 bits per heavy atom. The Hall–Kier alpha value is -1.57. The molecule has 0 aliphatic carbocycles. The average Bonchev–Trinajstić information content (AvgIpc) is 2.57. The van der Waals surface area contributed by atoms with Crippen LogP contribution in [0, 0.1) is 0 Å². The molecule has 0 heterocycles. The smallest absolute Gasteiger partial charge is 0.330 e. The molecule has 0 amide bonds. The van der Waals surface area contributed by atoms with E-state index in [0.717, 1.165) is 38.5 Å². The van der Waals surface area contributed by atoms with Gasteiger partial charge in [0, 0.05) is 6.08 Å². The number of hydrogen-bond acceptors (Lipinski definition) is 2. The third-order valence-electron chi connectivity index (χ3n) is 3.47. The van der Waals surface area contributed by atoms with Gasteiger partial charge in [0.2, 0.25) is 0 Å². The van der Waals surface area contributed by atoms with Crippen LogP contribution in [0.1, 0.15) is 71.1 Å². The molecule has 2 nitrogen and oxygen atoms in total. The highest BCUT2D eigenvalue weighted by Crippen LogP contribution is 2.03. The van der Waals surface area contributed by atoms with Gasteiger partial charge in [-0.3, -0.25) is 0 Å². The minimum atomic E-state index is -0.271. The van der Waals surface area contributed by atoms with E-state index in [0.29, 0.717) is 0 Å². The third-order valence-corrected chi connectivity index (χ3v) is 3.47. The van der Waals surface area contributed by atoms with E-state index < -0.39 is 0 Å². The zero-order valence-corrected chi connectivity index (χ0v) is 15.0. The summed E-state index contributed by atoms with van der Waals surface area (Å²) in [6.07, 6.45) is 28.4. The van der Waals surface area contributed by atoms with Gasteiger partial charge in [-0.05, 0) is 51.4 Å². The zero-order chi connectivity index (χ0) is 17.0. The van der Waals surface area contributed by atoms with Gasteiger partial charge in [-0.15, -0.1) is 0 Å². The highest BCUT2D eigenvalue weighted by Gasteiger charge is 1.89. The van der Waals surface area contributed by atoms with E-state index in [9.17, 15) is 4.79 Å². The Balaban J connectivity index is 3.38. The van der Waals surface area contributed by atoms with E-state index in [1.165, 1.54) is 38.9 Å². The minimum Gasteiger partial charge on any atom is -0.466 e. The van der Waals surface area contributed by atoms with Crippen LogP contribution in [-0.2, 0) is 9.53 Å². The molecule has 0 aliphatic heterocycles. The summed E-state index contributed by atoms with van der Waals surface area (Å²) in [5, 5.41) is 0. The molecular weight excluding hydrogens is 284 g/mol. The Labute approximate surface area is 143 Å². The molecule has 0 saturated carbocycles. The molecule has 0 spiro atoms. The molecule has 0 rings (SSSR count). The summed E-state index contributed by atoms with van der Waals surface area (Å²) in [7, 11) is 1.40. The summed E-state index contributed by atoms with van der Waals surface area (Å²) in [6, 6.07) is 0. The number of hydrogen-bond donors (Lipinski definition) is 0. The van der Waals surface area contributed by atoms with Crippen molar-refractivity contribution < 1.29 is 9.53 Å². The van der Waals surface area contributed by atoms with E-state index >= 15 is 0 Å². The SMILES string of the molecule is CCCCCC=CCC=CCC=CCCCCC=CC(=O)OC. The van der Waals surface area contributed by atoms with Crippen LogP contribution < -0.4 is 0 Å². The molecule has 0 fully saturated rings. The van der Waals surface area contributed by atoms with Crippen molar-refractivity contribution in [2.75, 3.05) is 7.11 Å². The lowest BCUT2D eigenvalue weighted by atomic mass is 10.1. The molecule has 0 aromatic carbocycles. The molecule has 130 valence electrons. The maximum atomic E-state index is 10.8. The molecule has 0 N–H and O–H groups in total. The molecule has 0 aromatic rings. The van der Waals surface area contributed by atoms with Gasteiger partial charge in [0.05, 0.1) is 7.11 Å². The van der Waals surface area contributed by atoms with Gasteiger partial charge in [-0.2, -0.15) is 0 Å². The predicted octanol–water partition coefficient (Wildman–Crippen LogP) is 6.31. The number of esters is 1. The van der Waals surface area contributed by atoms with Gasteiger partial charge in [-0.1, -0.05) is 62.3 Å². The molecule has 0 atom stereocenters. The third kappa shape index (κ3) is 18.4. The summed E-state index contributed by atoms with van der Waals surface area (Å²) in [5.41, 5.74) is 0. The molecule has 23 heavy (non-hydrogen) atoms. The lowest BCUT2D eigenvalue weighted by molar-refractivity contribution is -0.134. The molecule has 2 heteroatoms. The molecule has 0 unspecified atom stereocenters. The number of allylic oxidation sites excluding steroid dienone is 7. The van der Waals surface area contributed by atoms with Crippen LogP contribution >= 0.6 is 0 Å². The lowest BCUT2D eigenvalue weighted by Crippen LogP contribution is -1.93. The molecule has 0 aromatic heterocycles. The topological polar surface area (TPSA) is 26.3 Å². The fourth-order valence-corrected chi connectivity index (χ4v) is 2.06. The normalized spacial score (nSPS) is 12.3. The van der Waals surface area contributed by atoms with E-state index in [1.54, 1.807) is 0 Å². The van der Waals surface area contributed by atoms with E-state index in [-0.39, 0.29) is 5.97 Å². The van der Waals surface area contributed by atoms with Crippen molar-refractivity contribution in [2.45, 2.75) is 71.1 Å². The number of methoxy groups -OCH3 is 1. The van der Waals surface area contributed by atoms with Crippen LogP contribution in [0.4, 0.5) is 0 Å². The first-order valence-corrected chi connectivity index (χ1v) is 9.00. The first kappa shape index (κ1) is 21.4. The van der Waals surface area contributed by atoms with E-state index in [2.05, 4.69) is 48.1 Å². The van der Waals surface area contributed by atoms with Crippen molar-refractivity contribution >= 4 is 5.97 Å². The van der Waals surface area contributed by atoms with Crippen LogP contribution in [0.5, 0.6) is 0 Å². The van der Waals surface area contributed by atoms with Crippen LogP contribution in [0.15, 0.2) is 48.6 Å². The second-order valence-corrected chi connectivity index (χ2v) is 5.59. The zero-order valence-electron chi connectivity index (χ0n) is 15.0. The number of rotatable bonds is 14. The first-order valence-electron chi connectivity index (χ1n) is 9.00. The minimum absolute atomic E-state index is 0.271. The van der Waals surface area contributed by atoms with E-state index in [1.807, 2.05) is 6.08 Å². The number of unbranched alkanes of at least 4 members (excludes halogenated alkanes) is 6. The van der Waals surface area contributed by atoms with Crippen molar-refractivity contribution in [1.82, 2.24) is 0 Å². The maximum Gasteiger partial charge on any atom is 0.330 e. The molecule has 0 radical (unpaired) electrons. The number of carbonyl (C=O) groups excluding carboxylic acids is 1. The Bertz CT molecular complexity index is 375. The molecule has 0 bridgehead atoms. The number of carbonyl (C=O) groups is 1. The monoisotopic (exact) mass is 318 g/mol. The van der Waals surface area contributed by atoms with Gasteiger partial charge in [0.25, 0.3) is 0 Å². The van der Waals surface area contributed by atoms with Crippen molar-refractivity contribution in [3.8, 4) is 0 Å². The first-order chi connectivity index (χ1) is 11.3. The summed E-state index contributed by atoms with van der Waals surface area (Å²) >= 11 is 0. The van der Waals surface area contributed by atoms with Gasteiger partial charge in [0.15, 0.2) is 0 Å². The Kier molecular flexibility index (Phi) is 17.2. The fourth-order valence-electron chi connectivity index (χ4n) is 2.06. The second-order valence-electron chi connectivity index (χ2n) is 5.59. The van der Waals surface area contributed by atoms with Crippen LogP contribution in [0.25, 0.3) is 0 Å². The largest absolute Gasteiger partial charge is 0.466 e. The van der Waals surface area contributed by atoms with Crippen LogP contribution in [0.3, 0.4) is 0 Å². The average molecular weight is 319 g/mol. The quantitative estimate of drug-likeness (QED) is 0.162. The molecular formula is C21H34O2. The fraction of sp³-hybridized carbons (Fsp3) is 0.571. The lowest BCUT2D eigenvalue weighted by Gasteiger charge is -1.93. The molecule has 0 saturated heterocycles. The highest BCUT2D eigenvalue weighted by molar-refractivity contribution is 5.81. The Morgan fingerprint density at radius 2 is 1.22 bits per heavy atom. The van der Waals surface area contributed by atoms with Crippen molar-refractivity contribution in [1.29, 1.82) is 0 Å². The summed E-state index contributed by atoms with van der Waals surface area (Å²) in [4.78, 5) is 10.8. The molecule has 0 aliphatic rings. The van der Waals surface area contributed by atoms with Gasteiger partial charge >= 0.3 is 5.97 Å². The predicted molar refractivity (Wildman–Crippen MR) is 100 cm³/mol. The van der Waals surface area contributed by atoms with Crippen LogP contribution in [-0.4, -0.2) is 13.1 Å². The van der Waals surface area contributed by atoms with Crippen molar-refractivity contribution in [2.24, 2.45) is 0 Å². The van der Waals surface area contributed by atoms with Crippen molar-refractivity contribution in [3.63, 3.8) is 0 Å². The van der Waals surface area contributed by atoms with Crippen LogP contribution in [0.2, 0.25) is 0 Å². The highest BCUT2D eigenvalue weighted by atomic mass is 16.5. The second kappa shape index (κ2) is 18.5. The summed E-state index contributed by atoms with van der Waals surface area (Å²) in [5.74, 6) is -0.271.